The van der Waals surface area contributed by atoms with E-state index in [0.29, 0.717) is 35.2 Å². The zero-order chi connectivity index (χ0) is 23.6. The molecular weight excluding hydrogens is 416 g/mol. The van der Waals surface area contributed by atoms with Gasteiger partial charge in [0.25, 0.3) is 11.8 Å². The van der Waals surface area contributed by atoms with Crippen LogP contribution in [0.3, 0.4) is 0 Å². The second-order valence-corrected chi connectivity index (χ2v) is 7.64. The minimum Gasteiger partial charge on any atom is -0.494 e. The predicted molar refractivity (Wildman–Crippen MR) is 131 cm³/mol. The number of carbonyl (C=O) groups is 2. The lowest BCUT2D eigenvalue weighted by molar-refractivity contribution is -0.118. The Morgan fingerprint density at radius 3 is 2.27 bits per heavy atom. The van der Waals surface area contributed by atoms with E-state index in [9.17, 15) is 9.59 Å². The van der Waals surface area contributed by atoms with Crippen LogP contribution in [0.1, 0.15) is 49.0 Å². The maximum absolute atomic E-state index is 12.8. The van der Waals surface area contributed by atoms with Crippen LogP contribution in [0, 0.1) is 0 Å². The van der Waals surface area contributed by atoms with Crippen molar-refractivity contribution in [2.45, 2.75) is 33.1 Å². The molecule has 0 bridgehead atoms. The summed E-state index contributed by atoms with van der Waals surface area (Å²) in [6.07, 6.45) is 0.976. The van der Waals surface area contributed by atoms with Crippen LogP contribution in [0.25, 0.3) is 0 Å². The Morgan fingerprint density at radius 1 is 0.848 bits per heavy atom. The molecule has 0 spiro atoms. The van der Waals surface area contributed by atoms with Gasteiger partial charge in [-0.15, -0.1) is 0 Å². The second kappa shape index (κ2) is 11.7. The molecule has 0 heterocycles. The van der Waals surface area contributed by atoms with Crippen molar-refractivity contribution in [2.75, 3.05) is 23.8 Å². The van der Waals surface area contributed by atoms with E-state index >= 15 is 0 Å². The standard InChI is InChI=1S/C27H30N2O4/c1-4-19(3)22-10-7-9-13-25(22)33-18-26(30)29-24-12-8-6-11-23(24)27(31)28-20-14-16-21(17-15-20)32-5-2/h6-17,19H,4-5,18H2,1-3H3,(H,28,31)(H,29,30). The number of rotatable bonds is 10. The molecule has 0 aliphatic heterocycles. The molecule has 33 heavy (non-hydrogen) atoms. The monoisotopic (exact) mass is 446 g/mol. The summed E-state index contributed by atoms with van der Waals surface area (Å²) in [7, 11) is 0. The first-order valence-corrected chi connectivity index (χ1v) is 11.2. The number of carbonyl (C=O) groups excluding carboxylic acids is 2. The molecule has 3 aromatic carbocycles. The van der Waals surface area contributed by atoms with Gasteiger partial charge in [-0.1, -0.05) is 44.2 Å². The van der Waals surface area contributed by atoms with Crippen LogP contribution in [0.5, 0.6) is 11.5 Å². The molecule has 1 unspecified atom stereocenters. The molecule has 0 saturated carbocycles. The van der Waals surface area contributed by atoms with Gasteiger partial charge in [0.1, 0.15) is 11.5 Å². The third-order valence-corrected chi connectivity index (χ3v) is 5.29. The molecule has 0 aliphatic carbocycles. The Labute approximate surface area is 194 Å². The van der Waals surface area contributed by atoms with Gasteiger partial charge in [0.2, 0.25) is 0 Å². The summed E-state index contributed by atoms with van der Waals surface area (Å²) in [5, 5.41) is 5.64. The maximum Gasteiger partial charge on any atom is 0.262 e. The average molecular weight is 447 g/mol. The van der Waals surface area contributed by atoms with Crippen LogP contribution in [0.15, 0.2) is 72.8 Å². The molecule has 1 atom stereocenters. The van der Waals surface area contributed by atoms with Gasteiger partial charge >= 0.3 is 0 Å². The molecule has 0 radical (unpaired) electrons. The number of nitrogens with one attached hydrogen (secondary N) is 2. The third kappa shape index (κ3) is 6.59. The number of anilines is 2. The Kier molecular flexibility index (Phi) is 8.47. The molecule has 2 amide bonds. The molecule has 0 saturated heterocycles. The van der Waals surface area contributed by atoms with Gasteiger partial charge in [-0.3, -0.25) is 9.59 Å². The highest BCUT2D eigenvalue weighted by molar-refractivity contribution is 6.10. The van der Waals surface area contributed by atoms with Gasteiger partial charge < -0.3 is 20.1 Å². The number of hydrogen-bond acceptors (Lipinski definition) is 4. The lowest BCUT2D eigenvalue weighted by atomic mass is 9.98. The minimum atomic E-state index is -0.338. The van der Waals surface area contributed by atoms with Gasteiger partial charge in [0.15, 0.2) is 6.61 Å². The topological polar surface area (TPSA) is 76.7 Å². The molecule has 6 nitrogen and oxygen atoms in total. The third-order valence-electron chi connectivity index (χ3n) is 5.29. The number of para-hydroxylation sites is 2. The quantitative estimate of drug-likeness (QED) is 0.408. The van der Waals surface area contributed by atoms with Crippen LogP contribution in [-0.4, -0.2) is 25.0 Å². The zero-order valence-electron chi connectivity index (χ0n) is 19.3. The van der Waals surface area contributed by atoms with E-state index in [4.69, 9.17) is 9.47 Å². The fraction of sp³-hybridized carbons (Fsp3) is 0.259. The van der Waals surface area contributed by atoms with E-state index in [1.165, 1.54) is 0 Å². The van der Waals surface area contributed by atoms with Gasteiger partial charge in [-0.2, -0.15) is 0 Å². The summed E-state index contributed by atoms with van der Waals surface area (Å²) in [4.78, 5) is 25.4. The number of amides is 2. The smallest absolute Gasteiger partial charge is 0.262 e. The summed E-state index contributed by atoms with van der Waals surface area (Å²) >= 11 is 0. The van der Waals surface area contributed by atoms with Crippen molar-refractivity contribution in [2.24, 2.45) is 0 Å². The van der Waals surface area contributed by atoms with E-state index in [1.54, 1.807) is 48.5 Å². The molecule has 3 rings (SSSR count). The van der Waals surface area contributed by atoms with Crippen molar-refractivity contribution in [1.82, 2.24) is 0 Å². The minimum absolute atomic E-state index is 0.151. The van der Waals surface area contributed by atoms with Crippen molar-refractivity contribution in [3.63, 3.8) is 0 Å². The predicted octanol–water partition coefficient (Wildman–Crippen LogP) is 5.87. The highest BCUT2D eigenvalue weighted by Crippen LogP contribution is 2.28. The van der Waals surface area contributed by atoms with Gasteiger partial charge in [-0.25, -0.2) is 0 Å². The van der Waals surface area contributed by atoms with Crippen LogP contribution < -0.4 is 20.1 Å². The van der Waals surface area contributed by atoms with Crippen LogP contribution in [0.4, 0.5) is 11.4 Å². The fourth-order valence-corrected chi connectivity index (χ4v) is 3.36. The summed E-state index contributed by atoms with van der Waals surface area (Å²) in [5.74, 6) is 1.10. The largest absolute Gasteiger partial charge is 0.494 e. The summed E-state index contributed by atoms with van der Waals surface area (Å²) in [6, 6.07) is 21.7. The van der Waals surface area contributed by atoms with E-state index in [2.05, 4.69) is 24.5 Å². The SMILES string of the molecule is CCOc1ccc(NC(=O)c2ccccc2NC(=O)COc2ccccc2C(C)CC)cc1. The van der Waals surface area contributed by atoms with Crippen LogP contribution in [-0.2, 0) is 4.79 Å². The van der Waals surface area contributed by atoms with Crippen molar-refractivity contribution in [3.8, 4) is 11.5 Å². The highest BCUT2D eigenvalue weighted by Gasteiger charge is 2.15. The lowest BCUT2D eigenvalue weighted by Crippen LogP contribution is -2.23. The summed E-state index contributed by atoms with van der Waals surface area (Å²) in [5.41, 5.74) is 2.49. The highest BCUT2D eigenvalue weighted by atomic mass is 16.5. The first kappa shape index (κ1) is 23.9. The van der Waals surface area contributed by atoms with Crippen molar-refractivity contribution in [3.05, 3.63) is 83.9 Å². The van der Waals surface area contributed by atoms with E-state index in [0.717, 1.165) is 17.7 Å². The number of ether oxygens (including phenoxy) is 2. The Hall–Kier alpha value is -3.80. The van der Waals surface area contributed by atoms with Crippen molar-refractivity contribution in [1.29, 1.82) is 0 Å². The van der Waals surface area contributed by atoms with Crippen molar-refractivity contribution >= 4 is 23.2 Å². The summed E-state index contributed by atoms with van der Waals surface area (Å²) < 4.78 is 11.2. The molecular formula is C27H30N2O4. The molecule has 2 N–H and O–H groups in total. The Bertz CT molecular complexity index is 1080. The zero-order valence-corrected chi connectivity index (χ0v) is 19.3. The normalized spacial score (nSPS) is 11.4. The maximum atomic E-state index is 12.8. The van der Waals surface area contributed by atoms with Gasteiger partial charge in [0.05, 0.1) is 17.9 Å². The number of benzene rings is 3. The molecule has 3 aromatic rings. The second-order valence-electron chi connectivity index (χ2n) is 7.64. The lowest BCUT2D eigenvalue weighted by Gasteiger charge is -2.16. The first-order chi connectivity index (χ1) is 16.0. The molecule has 0 aliphatic rings. The average Bonchev–Trinajstić information content (AvgIpc) is 2.84. The summed E-state index contributed by atoms with van der Waals surface area (Å²) in [6.45, 7) is 6.58. The Morgan fingerprint density at radius 2 is 1.55 bits per heavy atom. The van der Waals surface area contributed by atoms with Crippen LogP contribution >= 0.6 is 0 Å². The molecule has 0 fully saturated rings. The van der Waals surface area contributed by atoms with Gasteiger partial charge in [0, 0.05) is 5.69 Å². The fourth-order valence-electron chi connectivity index (χ4n) is 3.36. The van der Waals surface area contributed by atoms with E-state index < -0.39 is 0 Å². The van der Waals surface area contributed by atoms with Crippen LogP contribution in [0.2, 0.25) is 0 Å². The van der Waals surface area contributed by atoms with Gasteiger partial charge in [-0.05, 0) is 67.3 Å². The number of hydrogen-bond donors (Lipinski definition) is 2. The first-order valence-electron chi connectivity index (χ1n) is 11.2. The molecule has 172 valence electrons. The van der Waals surface area contributed by atoms with E-state index in [-0.39, 0.29) is 18.4 Å². The van der Waals surface area contributed by atoms with E-state index in [1.807, 2.05) is 31.2 Å². The van der Waals surface area contributed by atoms with Crippen molar-refractivity contribution < 1.29 is 19.1 Å². The molecule has 6 heteroatoms. The molecule has 0 aromatic heterocycles. The Balaban J connectivity index is 1.64.